The monoisotopic (exact) mass is 310 g/mol. The fourth-order valence-electron chi connectivity index (χ4n) is 1.95. The Hall–Kier alpha value is -2.73. The number of nitrogens with zero attached hydrogens (tertiary/aromatic N) is 2. The van der Waals surface area contributed by atoms with E-state index in [1.807, 2.05) is 61.5 Å². The molecular formula is C16H14N4OS. The number of aromatic nitrogens is 2. The lowest BCUT2D eigenvalue weighted by Crippen LogP contribution is -2.19. The standard InChI is InChI=1S/C16H14N4OS/c1-11-6-5-7-12(10-11)14-19-20-16(22-14)18-15(21)17-13-8-3-2-4-9-13/h2-10H,1H3,(H2,17,18,20,21). The first-order chi connectivity index (χ1) is 10.7. The molecule has 6 heteroatoms. The minimum Gasteiger partial charge on any atom is -0.308 e. The van der Waals surface area contributed by atoms with Crippen LogP contribution in [-0.2, 0) is 0 Å². The molecule has 0 aliphatic heterocycles. The fraction of sp³-hybridized carbons (Fsp3) is 0.0625. The highest BCUT2D eigenvalue weighted by Crippen LogP contribution is 2.26. The van der Waals surface area contributed by atoms with Crippen LogP contribution in [0.5, 0.6) is 0 Å². The number of para-hydroxylation sites is 1. The predicted octanol–water partition coefficient (Wildman–Crippen LogP) is 4.16. The summed E-state index contributed by atoms with van der Waals surface area (Å²) < 4.78 is 0. The largest absolute Gasteiger partial charge is 0.325 e. The molecule has 5 nitrogen and oxygen atoms in total. The Morgan fingerprint density at radius 3 is 2.59 bits per heavy atom. The molecule has 1 heterocycles. The van der Waals surface area contributed by atoms with Gasteiger partial charge in [0.2, 0.25) is 5.13 Å². The molecule has 3 aromatic rings. The highest BCUT2D eigenvalue weighted by molar-refractivity contribution is 7.18. The average Bonchev–Trinajstić information content (AvgIpc) is 2.96. The van der Waals surface area contributed by atoms with E-state index in [4.69, 9.17) is 0 Å². The van der Waals surface area contributed by atoms with Gasteiger partial charge in [0, 0.05) is 11.3 Å². The third-order valence-corrected chi connectivity index (χ3v) is 3.83. The number of nitrogens with one attached hydrogen (secondary N) is 2. The number of amides is 2. The minimum absolute atomic E-state index is 0.335. The second-order valence-corrected chi connectivity index (χ2v) is 5.70. The van der Waals surface area contributed by atoms with E-state index in [0.717, 1.165) is 21.8 Å². The Labute approximate surface area is 132 Å². The van der Waals surface area contributed by atoms with Crippen LogP contribution >= 0.6 is 11.3 Å². The van der Waals surface area contributed by atoms with Crippen LogP contribution in [-0.4, -0.2) is 16.2 Å². The van der Waals surface area contributed by atoms with E-state index in [0.29, 0.717) is 5.13 Å². The summed E-state index contributed by atoms with van der Waals surface area (Å²) in [4.78, 5) is 11.9. The summed E-state index contributed by atoms with van der Waals surface area (Å²) >= 11 is 1.34. The van der Waals surface area contributed by atoms with Gasteiger partial charge in [-0.05, 0) is 25.1 Å². The molecule has 22 heavy (non-hydrogen) atoms. The average molecular weight is 310 g/mol. The van der Waals surface area contributed by atoms with Gasteiger partial charge in [0.05, 0.1) is 0 Å². The first-order valence-corrected chi connectivity index (χ1v) is 7.56. The summed E-state index contributed by atoms with van der Waals surface area (Å²) in [6.45, 7) is 2.02. The lowest BCUT2D eigenvalue weighted by Gasteiger charge is -2.03. The number of anilines is 2. The summed E-state index contributed by atoms with van der Waals surface area (Å²) in [5.41, 5.74) is 2.88. The zero-order chi connectivity index (χ0) is 15.4. The van der Waals surface area contributed by atoms with Crippen molar-refractivity contribution in [3.63, 3.8) is 0 Å². The Balaban J connectivity index is 1.68. The molecule has 2 amide bonds. The lowest BCUT2D eigenvalue weighted by atomic mass is 10.1. The molecule has 0 unspecified atom stereocenters. The van der Waals surface area contributed by atoms with Crippen molar-refractivity contribution in [2.75, 3.05) is 10.6 Å². The molecule has 3 rings (SSSR count). The summed E-state index contributed by atoms with van der Waals surface area (Å²) in [7, 11) is 0. The van der Waals surface area contributed by atoms with E-state index in [-0.39, 0.29) is 6.03 Å². The van der Waals surface area contributed by atoms with Crippen LogP contribution in [0.1, 0.15) is 5.56 Å². The fourth-order valence-corrected chi connectivity index (χ4v) is 2.68. The molecule has 0 aliphatic rings. The van der Waals surface area contributed by atoms with Crippen LogP contribution in [0.4, 0.5) is 15.6 Å². The summed E-state index contributed by atoms with van der Waals surface area (Å²) in [6.07, 6.45) is 0. The first-order valence-electron chi connectivity index (χ1n) is 6.74. The van der Waals surface area contributed by atoms with Crippen LogP contribution in [0.3, 0.4) is 0 Å². The molecule has 0 atom stereocenters. The Morgan fingerprint density at radius 1 is 1.00 bits per heavy atom. The number of urea groups is 1. The highest BCUT2D eigenvalue weighted by atomic mass is 32.1. The number of benzene rings is 2. The summed E-state index contributed by atoms with van der Waals surface area (Å²) in [5, 5.41) is 14.8. The molecule has 0 bridgehead atoms. The van der Waals surface area contributed by atoms with Gasteiger partial charge in [-0.15, -0.1) is 10.2 Å². The molecule has 0 fully saturated rings. The zero-order valence-electron chi connectivity index (χ0n) is 11.9. The minimum atomic E-state index is -0.335. The van der Waals surface area contributed by atoms with Gasteiger partial charge in [-0.3, -0.25) is 5.32 Å². The topological polar surface area (TPSA) is 66.9 Å². The van der Waals surface area contributed by atoms with Gasteiger partial charge in [0.25, 0.3) is 0 Å². The molecule has 0 aliphatic carbocycles. The maximum atomic E-state index is 11.9. The SMILES string of the molecule is Cc1cccc(-c2nnc(NC(=O)Nc3ccccc3)s2)c1. The van der Waals surface area contributed by atoms with E-state index in [9.17, 15) is 4.79 Å². The van der Waals surface area contributed by atoms with Gasteiger partial charge in [0.15, 0.2) is 0 Å². The van der Waals surface area contributed by atoms with Crippen molar-refractivity contribution >= 4 is 28.2 Å². The number of hydrogen-bond donors (Lipinski definition) is 2. The van der Waals surface area contributed by atoms with Crippen LogP contribution in [0.25, 0.3) is 10.6 Å². The van der Waals surface area contributed by atoms with Crippen molar-refractivity contribution in [3.8, 4) is 10.6 Å². The van der Waals surface area contributed by atoms with Crippen LogP contribution < -0.4 is 10.6 Å². The molecule has 1 aromatic heterocycles. The molecular weight excluding hydrogens is 296 g/mol. The number of aryl methyl sites for hydroxylation is 1. The quantitative estimate of drug-likeness (QED) is 0.763. The molecule has 2 aromatic carbocycles. The number of carbonyl (C=O) groups is 1. The normalized spacial score (nSPS) is 10.2. The number of carbonyl (C=O) groups excluding carboxylic acids is 1. The van der Waals surface area contributed by atoms with E-state index in [1.165, 1.54) is 11.3 Å². The van der Waals surface area contributed by atoms with Gasteiger partial charge in [-0.25, -0.2) is 4.79 Å². The Bertz CT molecular complexity index is 786. The maximum absolute atomic E-state index is 11.9. The van der Waals surface area contributed by atoms with Gasteiger partial charge < -0.3 is 5.32 Å². The molecule has 0 spiro atoms. The van der Waals surface area contributed by atoms with Crippen LogP contribution in [0, 0.1) is 6.92 Å². The van der Waals surface area contributed by atoms with Crippen molar-refractivity contribution in [1.82, 2.24) is 10.2 Å². The highest BCUT2D eigenvalue weighted by Gasteiger charge is 2.09. The number of rotatable bonds is 3. The van der Waals surface area contributed by atoms with Crippen LogP contribution in [0.15, 0.2) is 54.6 Å². The Kier molecular flexibility index (Phi) is 4.11. The van der Waals surface area contributed by atoms with Gasteiger partial charge in [-0.2, -0.15) is 0 Å². The van der Waals surface area contributed by atoms with Gasteiger partial charge in [-0.1, -0.05) is 53.3 Å². The van der Waals surface area contributed by atoms with Crippen molar-refractivity contribution in [1.29, 1.82) is 0 Å². The van der Waals surface area contributed by atoms with Gasteiger partial charge >= 0.3 is 6.03 Å². The van der Waals surface area contributed by atoms with Crippen molar-refractivity contribution in [3.05, 3.63) is 60.2 Å². The van der Waals surface area contributed by atoms with Crippen molar-refractivity contribution in [2.45, 2.75) is 6.92 Å². The van der Waals surface area contributed by atoms with Crippen molar-refractivity contribution in [2.24, 2.45) is 0 Å². The maximum Gasteiger partial charge on any atom is 0.325 e. The third kappa shape index (κ3) is 3.48. The lowest BCUT2D eigenvalue weighted by molar-refractivity contribution is 0.262. The molecule has 0 saturated heterocycles. The Morgan fingerprint density at radius 2 is 1.82 bits per heavy atom. The number of hydrogen-bond acceptors (Lipinski definition) is 4. The second kappa shape index (κ2) is 6.36. The van der Waals surface area contributed by atoms with E-state index in [2.05, 4.69) is 20.8 Å². The smallest absolute Gasteiger partial charge is 0.308 e. The second-order valence-electron chi connectivity index (χ2n) is 4.73. The van der Waals surface area contributed by atoms with Crippen LogP contribution in [0.2, 0.25) is 0 Å². The molecule has 0 saturated carbocycles. The summed E-state index contributed by atoms with van der Waals surface area (Å²) in [5.74, 6) is 0. The predicted molar refractivity (Wildman–Crippen MR) is 89.2 cm³/mol. The third-order valence-electron chi connectivity index (χ3n) is 2.94. The molecule has 2 N–H and O–H groups in total. The van der Waals surface area contributed by atoms with E-state index >= 15 is 0 Å². The van der Waals surface area contributed by atoms with Crippen molar-refractivity contribution < 1.29 is 4.79 Å². The van der Waals surface area contributed by atoms with E-state index < -0.39 is 0 Å². The van der Waals surface area contributed by atoms with E-state index in [1.54, 1.807) is 0 Å². The molecule has 110 valence electrons. The van der Waals surface area contributed by atoms with Gasteiger partial charge in [0.1, 0.15) is 5.01 Å². The molecule has 0 radical (unpaired) electrons. The first kappa shape index (κ1) is 14.2. The zero-order valence-corrected chi connectivity index (χ0v) is 12.7. The summed E-state index contributed by atoms with van der Waals surface area (Å²) in [6, 6.07) is 16.9.